The average Bonchev–Trinajstić information content (AvgIpc) is 3.38. The average molecular weight is 529 g/mol. The van der Waals surface area contributed by atoms with Gasteiger partial charge in [-0.25, -0.2) is 18.6 Å². The van der Waals surface area contributed by atoms with Crippen LogP contribution >= 0.6 is 0 Å². The van der Waals surface area contributed by atoms with Gasteiger partial charge in [0.2, 0.25) is 0 Å². The van der Waals surface area contributed by atoms with Crippen molar-refractivity contribution in [3.63, 3.8) is 0 Å². The molecule has 8 heteroatoms. The lowest BCUT2D eigenvalue weighted by Crippen LogP contribution is -2.34. The predicted molar refractivity (Wildman–Crippen MR) is 148 cm³/mol. The van der Waals surface area contributed by atoms with Crippen LogP contribution in [0.5, 0.6) is 0 Å². The summed E-state index contributed by atoms with van der Waals surface area (Å²) in [5, 5.41) is 3.84. The van der Waals surface area contributed by atoms with E-state index in [-0.39, 0.29) is 6.54 Å². The molecule has 0 unspecified atom stereocenters. The highest BCUT2D eigenvalue weighted by atomic mass is 19.1. The Morgan fingerprint density at radius 1 is 1.03 bits per heavy atom. The quantitative estimate of drug-likeness (QED) is 0.257. The molecule has 6 nitrogen and oxygen atoms in total. The molecule has 0 aliphatic carbocycles. The number of aliphatic imine (C=N–C) groups is 1. The molecule has 0 radical (unpaired) electrons. The molecule has 200 valence electrons. The van der Waals surface area contributed by atoms with Gasteiger partial charge in [-0.15, -0.1) is 0 Å². The largest absolute Gasteiger partial charge is 0.439 e. The Labute approximate surface area is 225 Å². The summed E-state index contributed by atoms with van der Waals surface area (Å²) in [5.74, 6) is -0.269. The molecule has 0 saturated heterocycles. The first kappa shape index (κ1) is 26.3. The van der Waals surface area contributed by atoms with Crippen molar-refractivity contribution in [3.05, 3.63) is 111 Å². The van der Waals surface area contributed by atoms with E-state index < -0.39 is 17.4 Å². The maximum Gasteiger partial charge on any atom is 0.439 e. The summed E-state index contributed by atoms with van der Waals surface area (Å²) in [7, 11) is 0. The van der Waals surface area contributed by atoms with Crippen LogP contribution in [-0.4, -0.2) is 27.4 Å². The minimum Gasteiger partial charge on any atom is -0.352 e. The summed E-state index contributed by atoms with van der Waals surface area (Å²) < 4.78 is 32.9. The molecule has 0 spiro atoms. The van der Waals surface area contributed by atoms with Crippen LogP contribution in [0.2, 0.25) is 0 Å². The van der Waals surface area contributed by atoms with Crippen LogP contribution in [0, 0.1) is 11.6 Å². The molecule has 0 fully saturated rings. The van der Waals surface area contributed by atoms with Crippen LogP contribution in [0.15, 0.2) is 92.3 Å². The van der Waals surface area contributed by atoms with Crippen molar-refractivity contribution in [3.8, 4) is 22.5 Å². The number of aromatic nitrogens is 2. The number of rotatable bonds is 9. The Bertz CT molecular complexity index is 1580. The third kappa shape index (κ3) is 6.06. The lowest BCUT2D eigenvalue weighted by atomic mass is 9.95. The number of H-pyrrole nitrogens is 1. The number of allylic oxidation sites excluding steroid dienone is 1. The molecule has 5 rings (SSSR count). The van der Waals surface area contributed by atoms with Gasteiger partial charge in [-0.3, -0.25) is 9.51 Å². The molecule has 1 N–H and O–H groups in total. The van der Waals surface area contributed by atoms with Crippen molar-refractivity contribution in [1.29, 1.82) is 0 Å². The van der Waals surface area contributed by atoms with Gasteiger partial charge in [-0.1, -0.05) is 67.0 Å². The van der Waals surface area contributed by atoms with Gasteiger partial charge in [-0.05, 0) is 66.6 Å². The highest BCUT2D eigenvalue weighted by molar-refractivity contribution is 5.82. The number of aromatic amines is 1. The molecule has 4 aromatic rings. The standard InChI is InChI=1S/C31H30F2N4O2/c1-3-4-9-29-24(19-37(20(2)34-29)18-23-17-25(32)14-15-28(23)33)16-21-10-12-22(13-11-21)26-7-5-6-8-27(26)30-35-31(38)39-36-30/h5-8,10-15,17H,3-4,9,16,18-19H2,1-2H3,(H,35,36,38). The number of amidine groups is 1. The second-order valence-corrected chi connectivity index (χ2v) is 9.77. The van der Waals surface area contributed by atoms with E-state index >= 15 is 0 Å². The van der Waals surface area contributed by atoms with Gasteiger partial charge in [0.25, 0.3) is 0 Å². The predicted octanol–water partition coefficient (Wildman–Crippen LogP) is 6.90. The zero-order valence-corrected chi connectivity index (χ0v) is 22.0. The van der Waals surface area contributed by atoms with E-state index in [1.807, 2.05) is 36.1 Å². The van der Waals surface area contributed by atoms with Crippen molar-refractivity contribution >= 4 is 5.84 Å². The van der Waals surface area contributed by atoms with Gasteiger partial charge >= 0.3 is 5.76 Å². The third-order valence-electron chi connectivity index (χ3n) is 6.99. The number of unbranched alkanes of at least 4 members (excludes halogenated alkanes) is 1. The van der Waals surface area contributed by atoms with E-state index in [1.54, 1.807) is 0 Å². The lowest BCUT2D eigenvalue weighted by molar-refractivity contribution is 0.388. The monoisotopic (exact) mass is 528 g/mol. The third-order valence-corrected chi connectivity index (χ3v) is 6.99. The summed E-state index contributed by atoms with van der Waals surface area (Å²) in [6.45, 7) is 4.94. The van der Waals surface area contributed by atoms with Crippen LogP contribution in [0.4, 0.5) is 8.78 Å². The Hall–Kier alpha value is -4.33. The molecule has 0 bridgehead atoms. The lowest BCUT2D eigenvalue weighted by Gasteiger charge is -2.31. The van der Waals surface area contributed by atoms with Gasteiger partial charge in [0, 0.05) is 29.9 Å². The van der Waals surface area contributed by atoms with Crippen molar-refractivity contribution in [1.82, 2.24) is 15.0 Å². The minimum absolute atomic E-state index is 0.253. The highest BCUT2D eigenvalue weighted by Crippen LogP contribution is 2.31. The summed E-state index contributed by atoms with van der Waals surface area (Å²) in [4.78, 5) is 21.0. The smallest absolute Gasteiger partial charge is 0.352 e. The molecule has 39 heavy (non-hydrogen) atoms. The van der Waals surface area contributed by atoms with Crippen LogP contribution in [0.25, 0.3) is 22.5 Å². The molecule has 3 aromatic carbocycles. The first-order valence-electron chi connectivity index (χ1n) is 13.1. The van der Waals surface area contributed by atoms with Gasteiger partial charge in [0.1, 0.15) is 17.5 Å². The van der Waals surface area contributed by atoms with Crippen molar-refractivity contribution in [2.75, 3.05) is 6.54 Å². The second kappa shape index (κ2) is 11.6. The molecular weight excluding hydrogens is 498 g/mol. The molecule has 1 aliphatic heterocycles. The van der Waals surface area contributed by atoms with E-state index in [1.165, 1.54) is 17.7 Å². The summed E-state index contributed by atoms with van der Waals surface area (Å²) in [6.07, 6.45) is 3.69. The number of nitrogens with one attached hydrogen (secondary N) is 1. The van der Waals surface area contributed by atoms with Crippen LogP contribution in [0.1, 0.15) is 44.2 Å². The van der Waals surface area contributed by atoms with Crippen LogP contribution in [-0.2, 0) is 13.0 Å². The summed E-state index contributed by atoms with van der Waals surface area (Å²) in [6, 6.07) is 19.5. The van der Waals surface area contributed by atoms with E-state index in [4.69, 9.17) is 9.52 Å². The zero-order chi connectivity index (χ0) is 27.4. The van der Waals surface area contributed by atoms with Crippen molar-refractivity contribution in [2.45, 2.75) is 46.1 Å². The van der Waals surface area contributed by atoms with Gasteiger partial charge < -0.3 is 4.90 Å². The van der Waals surface area contributed by atoms with Gasteiger partial charge in [0.15, 0.2) is 5.82 Å². The fourth-order valence-corrected chi connectivity index (χ4v) is 4.89. The Morgan fingerprint density at radius 2 is 1.79 bits per heavy atom. The topological polar surface area (TPSA) is 74.5 Å². The molecule has 0 amide bonds. The molecule has 2 heterocycles. The van der Waals surface area contributed by atoms with E-state index in [9.17, 15) is 13.6 Å². The fraction of sp³-hybridized carbons (Fsp3) is 0.258. The Morgan fingerprint density at radius 3 is 2.51 bits per heavy atom. The first-order valence-corrected chi connectivity index (χ1v) is 13.1. The maximum absolute atomic E-state index is 14.4. The second-order valence-electron chi connectivity index (χ2n) is 9.77. The SMILES string of the molecule is CCCCC1=C(Cc2ccc(-c3ccccc3-c3noc(=O)[nH]3)cc2)CN(Cc2cc(F)ccc2F)C(C)=N1. The molecule has 1 aliphatic rings. The highest BCUT2D eigenvalue weighted by Gasteiger charge is 2.21. The number of hydrogen-bond donors (Lipinski definition) is 1. The first-order chi connectivity index (χ1) is 18.9. The zero-order valence-electron chi connectivity index (χ0n) is 22.0. The fourth-order valence-electron chi connectivity index (χ4n) is 4.89. The van der Waals surface area contributed by atoms with Crippen molar-refractivity contribution in [2.24, 2.45) is 4.99 Å². The molecule has 0 saturated carbocycles. The molecule has 0 atom stereocenters. The summed E-state index contributed by atoms with van der Waals surface area (Å²) >= 11 is 0. The number of benzene rings is 3. The van der Waals surface area contributed by atoms with Crippen LogP contribution < -0.4 is 5.76 Å². The Balaban J connectivity index is 1.39. The molecule has 1 aromatic heterocycles. The minimum atomic E-state index is -0.595. The van der Waals surface area contributed by atoms with Crippen molar-refractivity contribution < 1.29 is 13.3 Å². The van der Waals surface area contributed by atoms with Crippen LogP contribution in [0.3, 0.4) is 0 Å². The van der Waals surface area contributed by atoms with E-state index in [2.05, 4.69) is 41.3 Å². The number of nitrogens with zero attached hydrogens (tertiary/aromatic N) is 3. The normalized spacial score (nSPS) is 13.6. The Kier molecular flexibility index (Phi) is 7.81. The summed E-state index contributed by atoms with van der Waals surface area (Å²) in [5.41, 5.74) is 6.39. The molecular formula is C31H30F2N4O2. The maximum atomic E-state index is 14.4. The number of hydrogen-bond acceptors (Lipinski definition) is 5. The van der Waals surface area contributed by atoms with E-state index in [0.717, 1.165) is 59.1 Å². The van der Waals surface area contributed by atoms with E-state index in [0.29, 0.717) is 24.4 Å². The van der Waals surface area contributed by atoms with Gasteiger partial charge in [-0.2, -0.15) is 0 Å². The van der Waals surface area contributed by atoms with Gasteiger partial charge in [0.05, 0.1) is 0 Å². The number of halogens is 2.